The van der Waals surface area contributed by atoms with Crippen LogP contribution in [0, 0.1) is 6.92 Å². The Kier molecular flexibility index (Phi) is 7.12. The van der Waals surface area contributed by atoms with Crippen LogP contribution in [0.3, 0.4) is 0 Å². The topological polar surface area (TPSA) is 102 Å². The van der Waals surface area contributed by atoms with Crippen LogP contribution >= 0.6 is 0 Å². The molecule has 0 aliphatic carbocycles. The van der Waals surface area contributed by atoms with Crippen molar-refractivity contribution >= 4 is 28.6 Å². The molecule has 5 rings (SSSR count). The summed E-state index contributed by atoms with van der Waals surface area (Å²) in [5, 5.41) is 2.99. The molecule has 1 fully saturated rings. The van der Waals surface area contributed by atoms with Crippen LogP contribution < -0.4 is 24.4 Å². The highest BCUT2D eigenvalue weighted by molar-refractivity contribution is 5.90. The van der Waals surface area contributed by atoms with Crippen molar-refractivity contribution in [1.82, 2.24) is 19.9 Å². The molecule has 0 saturated carbocycles. The first-order valence-electron chi connectivity index (χ1n) is 12.3. The van der Waals surface area contributed by atoms with E-state index in [1.807, 2.05) is 66.4 Å². The number of ether oxygens (including phenoxy) is 3. The second-order valence-corrected chi connectivity index (χ2v) is 8.94. The largest absolute Gasteiger partial charge is 0.493 e. The molecule has 2 aromatic heterocycles. The lowest BCUT2D eigenvalue weighted by molar-refractivity contribution is 0.208. The number of carbonyl (C=O) groups excluding carboxylic acids is 1. The summed E-state index contributed by atoms with van der Waals surface area (Å²) in [6.45, 7) is 4.28. The predicted octanol–water partition coefficient (Wildman–Crippen LogP) is 4.38. The van der Waals surface area contributed by atoms with Crippen molar-refractivity contribution < 1.29 is 19.0 Å². The number of pyridine rings is 1. The fourth-order valence-electron chi connectivity index (χ4n) is 4.49. The summed E-state index contributed by atoms with van der Waals surface area (Å²) >= 11 is 0. The zero-order chi connectivity index (χ0) is 26.6. The Balaban J connectivity index is 1.40. The number of fused-ring (bicyclic) bond motifs is 1. The van der Waals surface area contributed by atoms with Gasteiger partial charge in [-0.25, -0.2) is 9.78 Å². The van der Waals surface area contributed by atoms with Gasteiger partial charge in [0.05, 0.1) is 32.5 Å². The van der Waals surface area contributed by atoms with E-state index in [4.69, 9.17) is 19.2 Å². The highest BCUT2D eigenvalue weighted by Gasteiger charge is 2.25. The number of benzene rings is 2. The number of nitrogens with one attached hydrogen (secondary N) is 1. The Morgan fingerprint density at radius 1 is 0.842 bits per heavy atom. The van der Waals surface area contributed by atoms with Crippen LogP contribution in [-0.4, -0.2) is 73.4 Å². The summed E-state index contributed by atoms with van der Waals surface area (Å²) in [4.78, 5) is 30.9. The third kappa shape index (κ3) is 5.10. The molecular weight excluding hydrogens is 484 g/mol. The summed E-state index contributed by atoms with van der Waals surface area (Å²) in [6.07, 6.45) is 0. The minimum atomic E-state index is -0.116. The minimum Gasteiger partial charge on any atom is -0.493 e. The van der Waals surface area contributed by atoms with Gasteiger partial charge >= 0.3 is 12.0 Å². The second kappa shape index (κ2) is 10.8. The van der Waals surface area contributed by atoms with E-state index >= 15 is 0 Å². The van der Waals surface area contributed by atoms with Crippen LogP contribution in [0.15, 0.2) is 54.6 Å². The number of hydrogen-bond donors (Lipinski definition) is 1. The van der Waals surface area contributed by atoms with Gasteiger partial charge in [0.15, 0.2) is 17.3 Å². The van der Waals surface area contributed by atoms with Gasteiger partial charge in [0.25, 0.3) is 0 Å². The van der Waals surface area contributed by atoms with Gasteiger partial charge in [0.2, 0.25) is 0 Å². The summed E-state index contributed by atoms with van der Waals surface area (Å²) in [7, 11) is 4.76. The Bertz CT molecular complexity index is 1470. The zero-order valence-electron chi connectivity index (χ0n) is 21.9. The number of aryl methyl sites for hydroxylation is 1. The molecule has 38 heavy (non-hydrogen) atoms. The SMILES string of the molecule is COc1nc(N2CCN(C(=O)Nc3cccc(C)c3)CC2)c2nc(-c3ccc(OC)c(OC)c3)ccc2n1. The number of aromatic nitrogens is 3. The van der Waals surface area contributed by atoms with Crippen LogP contribution in [0.2, 0.25) is 0 Å². The van der Waals surface area contributed by atoms with E-state index in [1.165, 1.54) is 0 Å². The van der Waals surface area contributed by atoms with Crippen LogP contribution in [-0.2, 0) is 0 Å². The molecule has 0 unspecified atom stereocenters. The van der Waals surface area contributed by atoms with E-state index in [-0.39, 0.29) is 12.0 Å². The smallest absolute Gasteiger partial charge is 0.321 e. The van der Waals surface area contributed by atoms with E-state index in [0.29, 0.717) is 54.5 Å². The first-order chi connectivity index (χ1) is 18.5. The Morgan fingerprint density at radius 3 is 2.34 bits per heavy atom. The van der Waals surface area contributed by atoms with Crippen LogP contribution in [0.5, 0.6) is 17.5 Å². The molecule has 4 aromatic rings. The lowest BCUT2D eigenvalue weighted by atomic mass is 10.1. The van der Waals surface area contributed by atoms with Gasteiger partial charge in [-0.1, -0.05) is 12.1 Å². The standard InChI is InChI=1S/C28H30N6O4/c1-18-6-5-7-20(16-18)29-28(35)34-14-12-33(13-15-34)26-25-22(31-27(32-26)38-4)10-9-21(30-25)19-8-11-23(36-2)24(17-19)37-3/h5-11,16-17H,12-15H2,1-4H3,(H,29,35). The molecule has 2 aromatic carbocycles. The Hall–Kier alpha value is -4.60. The molecule has 0 atom stereocenters. The van der Waals surface area contributed by atoms with Gasteiger partial charge in [-0.3, -0.25) is 0 Å². The number of methoxy groups -OCH3 is 3. The molecule has 1 saturated heterocycles. The maximum absolute atomic E-state index is 12.9. The van der Waals surface area contributed by atoms with Gasteiger partial charge in [-0.15, -0.1) is 0 Å². The van der Waals surface area contributed by atoms with Crippen LogP contribution in [0.4, 0.5) is 16.3 Å². The third-order valence-corrected chi connectivity index (χ3v) is 6.50. The van der Waals surface area contributed by atoms with Crippen molar-refractivity contribution in [3.8, 4) is 28.8 Å². The van der Waals surface area contributed by atoms with Gasteiger partial charge in [-0.2, -0.15) is 9.97 Å². The molecule has 3 heterocycles. The molecule has 1 aliphatic heterocycles. The van der Waals surface area contributed by atoms with Crippen molar-refractivity contribution in [2.75, 3.05) is 57.7 Å². The van der Waals surface area contributed by atoms with E-state index in [9.17, 15) is 4.79 Å². The highest BCUT2D eigenvalue weighted by Crippen LogP contribution is 2.33. The average Bonchev–Trinajstić information content (AvgIpc) is 2.96. The van der Waals surface area contributed by atoms with Crippen molar-refractivity contribution in [1.29, 1.82) is 0 Å². The number of piperazine rings is 1. The number of amides is 2. The van der Waals surface area contributed by atoms with Gasteiger partial charge in [-0.05, 0) is 55.0 Å². The number of rotatable bonds is 6. The van der Waals surface area contributed by atoms with Crippen LogP contribution in [0.25, 0.3) is 22.3 Å². The van der Waals surface area contributed by atoms with E-state index in [1.54, 1.807) is 21.3 Å². The number of hydrogen-bond acceptors (Lipinski definition) is 8. The lowest BCUT2D eigenvalue weighted by Gasteiger charge is -2.35. The summed E-state index contributed by atoms with van der Waals surface area (Å²) in [5.41, 5.74) is 4.85. The van der Waals surface area contributed by atoms with Crippen molar-refractivity contribution in [3.63, 3.8) is 0 Å². The summed E-state index contributed by atoms with van der Waals surface area (Å²) < 4.78 is 16.2. The number of carbonyl (C=O) groups is 1. The van der Waals surface area contributed by atoms with E-state index < -0.39 is 0 Å². The molecule has 0 radical (unpaired) electrons. The van der Waals surface area contributed by atoms with Crippen molar-refractivity contribution in [2.45, 2.75) is 6.92 Å². The second-order valence-electron chi connectivity index (χ2n) is 8.94. The zero-order valence-corrected chi connectivity index (χ0v) is 21.9. The fraction of sp³-hybridized carbons (Fsp3) is 0.286. The monoisotopic (exact) mass is 514 g/mol. The molecule has 2 amide bonds. The Labute approximate surface area is 221 Å². The lowest BCUT2D eigenvalue weighted by Crippen LogP contribution is -2.50. The predicted molar refractivity (Wildman–Crippen MR) is 146 cm³/mol. The summed E-state index contributed by atoms with van der Waals surface area (Å²) in [5.74, 6) is 1.95. The first-order valence-corrected chi connectivity index (χ1v) is 12.3. The molecule has 10 nitrogen and oxygen atoms in total. The fourth-order valence-corrected chi connectivity index (χ4v) is 4.49. The molecule has 1 aliphatic rings. The maximum Gasteiger partial charge on any atom is 0.321 e. The average molecular weight is 515 g/mol. The van der Waals surface area contributed by atoms with E-state index in [0.717, 1.165) is 22.5 Å². The first kappa shape index (κ1) is 25.1. The molecule has 0 spiro atoms. The molecular formula is C28H30N6O4. The normalized spacial score (nSPS) is 13.4. The number of urea groups is 1. The third-order valence-electron chi connectivity index (χ3n) is 6.50. The van der Waals surface area contributed by atoms with Crippen LogP contribution in [0.1, 0.15) is 5.56 Å². The van der Waals surface area contributed by atoms with Gasteiger partial charge in [0.1, 0.15) is 5.52 Å². The molecule has 0 bridgehead atoms. The molecule has 10 heteroatoms. The highest BCUT2D eigenvalue weighted by atomic mass is 16.5. The molecule has 1 N–H and O–H groups in total. The van der Waals surface area contributed by atoms with Crippen molar-refractivity contribution in [2.24, 2.45) is 0 Å². The number of anilines is 2. The Morgan fingerprint density at radius 2 is 1.63 bits per heavy atom. The summed E-state index contributed by atoms with van der Waals surface area (Å²) in [6, 6.07) is 17.4. The van der Waals surface area contributed by atoms with Gasteiger partial charge < -0.3 is 29.3 Å². The van der Waals surface area contributed by atoms with Crippen molar-refractivity contribution in [3.05, 3.63) is 60.2 Å². The quantitative estimate of drug-likeness (QED) is 0.405. The van der Waals surface area contributed by atoms with Gasteiger partial charge in [0, 0.05) is 37.4 Å². The number of nitrogens with zero attached hydrogens (tertiary/aromatic N) is 5. The van der Waals surface area contributed by atoms with E-state index in [2.05, 4.69) is 20.2 Å². The minimum absolute atomic E-state index is 0.116. The maximum atomic E-state index is 12.9. The molecule has 196 valence electrons.